The van der Waals surface area contributed by atoms with Crippen molar-refractivity contribution in [2.75, 3.05) is 31.5 Å². The van der Waals surface area contributed by atoms with Crippen molar-refractivity contribution in [3.63, 3.8) is 0 Å². The monoisotopic (exact) mass is 290 g/mol. The highest BCUT2D eigenvalue weighted by molar-refractivity contribution is 5.93. The third-order valence-electron chi connectivity index (χ3n) is 3.65. The molecule has 1 fully saturated rings. The van der Waals surface area contributed by atoms with Crippen molar-refractivity contribution in [2.24, 2.45) is 5.73 Å². The van der Waals surface area contributed by atoms with E-state index in [0.29, 0.717) is 13.1 Å². The minimum absolute atomic E-state index is 0.128. The standard InChI is InChI=1S/C15H22N4O2/c1-2-11-4-3-5-12(8-11)18-14(20)10-19-7-6-17-9-13(19)15(16)21/h3-5,8,13,17H,2,6-7,9-10H2,1H3,(H2,16,21)(H,18,20). The molecule has 1 heterocycles. The maximum atomic E-state index is 12.1. The Hall–Kier alpha value is -1.92. The Balaban J connectivity index is 1.95. The minimum atomic E-state index is -0.425. The molecule has 0 bridgehead atoms. The van der Waals surface area contributed by atoms with E-state index in [1.807, 2.05) is 29.2 Å². The first-order valence-corrected chi connectivity index (χ1v) is 7.23. The highest BCUT2D eigenvalue weighted by atomic mass is 16.2. The van der Waals surface area contributed by atoms with Gasteiger partial charge < -0.3 is 16.4 Å². The number of anilines is 1. The lowest BCUT2D eigenvalue weighted by Crippen LogP contribution is -2.58. The largest absolute Gasteiger partial charge is 0.368 e. The SMILES string of the molecule is CCc1cccc(NC(=O)CN2CCNCC2C(N)=O)c1. The summed E-state index contributed by atoms with van der Waals surface area (Å²) in [5.41, 5.74) is 7.33. The number of hydrogen-bond acceptors (Lipinski definition) is 4. The molecular formula is C15H22N4O2. The van der Waals surface area contributed by atoms with Crippen LogP contribution in [0.15, 0.2) is 24.3 Å². The summed E-state index contributed by atoms with van der Waals surface area (Å²) < 4.78 is 0. The van der Waals surface area contributed by atoms with Gasteiger partial charge in [-0.1, -0.05) is 19.1 Å². The van der Waals surface area contributed by atoms with Gasteiger partial charge in [0, 0.05) is 25.3 Å². The fraction of sp³-hybridized carbons (Fsp3) is 0.467. The molecule has 1 atom stereocenters. The van der Waals surface area contributed by atoms with Gasteiger partial charge in [0.15, 0.2) is 0 Å². The highest BCUT2D eigenvalue weighted by Gasteiger charge is 2.28. The molecule has 21 heavy (non-hydrogen) atoms. The van der Waals surface area contributed by atoms with E-state index in [1.165, 1.54) is 5.56 Å². The Morgan fingerprint density at radius 2 is 2.29 bits per heavy atom. The summed E-state index contributed by atoms with van der Waals surface area (Å²) in [6.45, 7) is 4.12. The predicted octanol–water partition coefficient (Wildman–Crippen LogP) is -0.0534. The number of hydrogen-bond donors (Lipinski definition) is 3. The summed E-state index contributed by atoms with van der Waals surface area (Å²) in [6.07, 6.45) is 0.922. The van der Waals surface area contributed by atoms with Gasteiger partial charge in [0.1, 0.15) is 6.04 Å². The second-order valence-electron chi connectivity index (χ2n) is 5.19. The maximum absolute atomic E-state index is 12.1. The maximum Gasteiger partial charge on any atom is 0.238 e. The number of piperazine rings is 1. The van der Waals surface area contributed by atoms with E-state index in [1.54, 1.807) is 0 Å². The molecule has 114 valence electrons. The van der Waals surface area contributed by atoms with Crippen LogP contribution in [-0.2, 0) is 16.0 Å². The summed E-state index contributed by atoms with van der Waals surface area (Å²) in [7, 11) is 0. The summed E-state index contributed by atoms with van der Waals surface area (Å²) in [6, 6.07) is 7.34. The Morgan fingerprint density at radius 1 is 1.48 bits per heavy atom. The average molecular weight is 290 g/mol. The van der Waals surface area contributed by atoms with Gasteiger partial charge >= 0.3 is 0 Å². The Kier molecular flexibility index (Phi) is 5.30. The van der Waals surface area contributed by atoms with Crippen LogP contribution < -0.4 is 16.4 Å². The van der Waals surface area contributed by atoms with Crippen molar-refractivity contribution in [3.05, 3.63) is 29.8 Å². The molecule has 0 saturated carbocycles. The van der Waals surface area contributed by atoms with Crippen LogP contribution in [0.4, 0.5) is 5.69 Å². The molecule has 2 amide bonds. The fourth-order valence-electron chi connectivity index (χ4n) is 2.47. The number of benzene rings is 1. The second-order valence-corrected chi connectivity index (χ2v) is 5.19. The normalized spacial score (nSPS) is 19.2. The van der Waals surface area contributed by atoms with Gasteiger partial charge in [-0.15, -0.1) is 0 Å². The van der Waals surface area contributed by atoms with Crippen molar-refractivity contribution in [1.82, 2.24) is 10.2 Å². The van der Waals surface area contributed by atoms with Gasteiger partial charge in [-0.2, -0.15) is 0 Å². The van der Waals surface area contributed by atoms with E-state index >= 15 is 0 Å². The molecule has 1 aromatic carbocycles. The molecule has 1 aromatic rings. The zero-order chi connectivity index (χ0) is 15.2. The molecule has 1 unspecified atom stereocenters. The Labute approximate surface area is 124 Å². The fourth-order valence-corrected chi connectivity index (χ4v) is 2.47. The van der Waals surface area contributed by atoms with Crippen LogP contribution in [-0.4, -0.2) is 48.9 Å². The van der Waals surface area contributed by atoms with E-state index in [2.05, 4.69) is 17.6 Å². The zero-order valence-corrected chi connectivity index (χ0v) is 12.3. The zero-order valence-electron chi connectivity index (χ0n) is 12.3. The van der Waals surface area contributed by atoms with Crippen molar-refractivity contribution in [2.45, 2.75) is 19.4 Å². The second kappa shape index (κ2) is 7.19. The number of nitrogens with two attached hydrogens (primary N) is 1. The first-order valence-electron chi connectivity index (χ1n) is 7.23. The van der Waals surface area contributed by atoms with E-state index in [9.17, 15) is 9.59 Å². The summed E-state index contributed by atoms with van der Waals surface area (Å²) in [5.74, 6) is -0.528. The quantitative estimate of drug-likeness (QED) is 0.709. The molecule has 0 aliphatic carbocycles. The minimum Gasteiger partial charge on any atom is -0.368 e. The van der Waals surface area contributed by atoms with Crippen LogP contribution in [0, 0.1) is 0 Å². The third kappa shape index (κ3) is 4.27. The number of primary amides is 1. The molecule has 2 rings (SSSR count). The Bertz CT molecular complexity index is 518. The number of aryl methyl sites for hydroxylation is 1. The molecule has 6 heteroatoms. The van der Waals surface area contributed by atoms with E-state index in [0.717, 1.165) is 18.7 Å². The summed E-state index contributed by atoms with van der Waals surface area (Å²) >= 11 is 0. The topological polar surface area (TPSA) is 87.5 Å². The van der Waals surface area contributed by atoms with Gasteiger partial charge in [-0.3, -0.25) is 14.5 Å². The number of nitrogens with one attached hydrogen (secondary N) is 2. The van der Waals surface area contributed by atoms with Crippen molar-refractivity contribution in [3.8, 4) is 0 Å². The molecule has 4 N–H and O–H groups in total. The lowest BCUT2D eigenvalue weighted by molar-refractivity contribution is -0.125. The smallest absolute Gasteiger partial charge is 0.238 e. The summed E-state index contributed by atoms with van der Waals surface area (Å²) in [4.78, 5) is 25.3. The van der Waals surface area contributed by atoms with E-state index in [-0.39, 0.29) is 12.5 Å². The van der Waals surface area contributed by atoms with Gasteiger partial charge in [0.05, 0.1) is 6.54 Å². The number of carbonyl (C=O) groups is 2. The van der Waals surface area contributed by atoms with Crippen molar-refractivity contribution in [1.29, 1.82) is 0 Å². The van der Waals surface area contributed by atoms with E-state index < -0.39 is 11.9 Å². The third-order valence-corrected chi connectivity index (χ3v) is 3.65. The first-order chi connectivity index (χ1) is 10.1. The predicted molar refractivity (Wildman–Crippen MR) is 81.9 cm³/mol. The lowest BCUT2D eigenvalue weighted by atomic mass is 10.1. The molecule has 6 nitrogen and oxygen atoms in total. The van der Waals surface area contributed by atoms with Crippen molar-refractivity contribution < 1.29 is 9.59 Å². The average Bonchev–Trinajstić information content (AvgIpc) is 2.47. The number of nitrogens with zero attached hydrogens (tertiary/aromatic N) is 1. The number of carbonyl (C=O) groups excluding carboxylic acids is 2. The van der Waals surface area contributed by atoms with Gasteiger partial charge in [0.2, 0.25) is 11.8 Å². The Morgan fingerprint density at radius 3 is 3.00 bits per heavy atom. The van der Waals surface area contributed by atoms with Crippen LogP contribution in [0.25, 0.3) is 0 Å². The molecule has 0 spiro atoms. The van der Waals surface area contributed by atoms with Crippen molar-refractivity contribution >= 4 is 17.5 Å². The first kappa shape index (κ1) is 15.5. The summed E-state index contributed by atoms with van der Waals surface area (Å²) in [5, 5.41) is 5.98. The lowest BCUT2D eigenvalue weighted by Gasteiger charge is -2.33. The van der Waals surface area contributed by atoms with Crippen LogP contribution in [0.1, 0.15) is 12.5 Å². The molecule has 0 radical (unpaired) electrons. The number of rotatable bonds is 5. The van der Waals surface area contributed by atoms with Crippen LogP contribution in [0.5, 0.6) is 0 Å². The molecule has 1 aliphatic heterocycles. The molecular weight excluding hydrogens is 268 g/mol. The molecule has 0 aromatic heterocycles. The molecule has 1 aliphatic rings. The highest BCUT2D eigenvalue weighted by Crippen LogP contribution is 2.11. The van der Waals surface area contributed by atoms with Gasteiger partial charge in [-0.05, 0) is 24.1 Å². The van der Waals surface area contributed by atoms with Gasteiger partial charge in [-0.25, -0.2) is 0 Å². The van der Waals surface area contributed by atoms with Crippen LogP contribution in [0.2, 0.25) is 0 Å². The number of amides is 2. The van der Waals surface area contributed by atoms with Gasteiger partial charge in [0.25, 0.3) is 0 Å². The van der Waals surface area contributed by atoms with Crippen LogP contribution >= 0.6 is 0 Å². The molecule has 1 saturated heterocycles. The van der Waals surface area contributed by atoms with E-state index in [4.69, 9.17) is 5.73 Å². The van der Waals surface area contributed by atoms with Crippen LogP contribution in [0.3, 0.4) is 0 Å².